The molecule has 1 aromatic heterocycles. The van der Waals surface area contributed by atoms with E-state index in [0.717, 1.165) is 0 Å². The Morgan fingerprint density at radius 1 is 1.38 bits per heavy atom. The Bertz CT molecular complexity index is 319. The van der Waals surface area contributed by atoms with Crippen LogP contribution < -0.4 is 15.2 Å². The summed E-state index contributed by atoms with van der Waals surface area (Å²) in [4.78, 5) is 0. The van der Waals surface area contributed by atoms with E-state index in [2.05, 4.69) is 5.10 Å². The summed E-state index contributed by atoms with van der Waals surface area (Å²) >= 11 is 0. The highest BCUT2D eigenvalue weighted by Gasteiger charge is 2.23. The number of anilines is 1. The van der Waals surface area contributed by atoms with Gasteiger partial charge in [-0.1, -0.05) is 0 Å². The van der Waals surface area contributed by atoms with Crippen molar-refractivity contribution in [3.8, 4) is 11.6 Å². The zero-order valence-electron chi connectivity index (χ0n) is 7.78. The number of aromatic nitrogens is 2. The van der Waals surface area contributed by atoms with Crippen LogP contribution in [-0.4, -0.2) is 23.0 Å². The third-order valence-corrected chi connectivity index (χ3v) is 1.91. The number of nitrogen functional groups attached to an aromatic ring is 1. The lowest BCUT2D eigenvalue weighted by atomic mass is 10.4. The molecule has 1 aliphatic heterocycles. The maximum Gasteiger partial charge on any atom is 0.258 e. The summed E-state index contributed by atoms with van der Waals surface area (Å²) in [6.07, 6.45) is 0. The maximum atomic E-state index is 5.66. The quantitative estimate of drug-likeness (QED) is 0.700. The van der Waals surface area contributed by atoms with E-state index in [1.54, 1.807) is 4.68 Å². The Morgan fingerprint density at radius 2 is 2.08 bits per heavy atom. The predicted molar refractivity (Wildman–Crippen MR) is 48.0 cm³/mol. The molecule has 0 saturated carbocycles. The normalized spacial score (nSPS) is 15.0. The van der Waals surface area contributed by atoms with Crippen molar-refractivity contribution in [2.24, 2.45) is 0 Å². The number of fused-ring (bicyclic) bond motifs is 1. The van der Waals surface area contributed by atoms with Crippen LogP contribution in [0.3, 0.4) is 0 Å². The van der Waals surface area contributed by atoms with Crippen LogP contribution in [0.4, 0.5) is 5.82 Å². The van der Waals surface area contributed by atoms with E-state index in [1.165, 1.54) is 0 Å². The lowest BCUT2D eigenvalue weighted by Crippen LogP contribution is -2.17. The maximum absolute atomic E-state index is 5.66. The topological polar surface area (TPSA) is 62.3 Å². The number of ether oxygens (including phenoxy) is 2. The van der Waals surface area contributed by atoms with E-state index in [9.17, 15) is 0 Å². The number of rotatable bonds is 1. The Kier molecular flexibility index (Phi) is 1.79. The Morgan fingerprint density at radius 3 is 2.77 bits per heavy atom. The molecule has 1 aliphatic rings. The van der Waals surface area contributed by atoms with Gasteiger partial charge in [-0.05, 0) is 13.8 Å². The first kappa shape index (κ1) is 8.22. The lowest BCUT2D eigenvalue weighted by Gasteiger charge is -2.17. The fourth-order valence-corrected chi connectivity index (χ4v) is 1.32. The summed E-state index contributed by atoms with van der Waals surface area (Å²) < 4.78 is 12.5. The molecule has 0 aromatic carbocycles. The van der Waals surface area contributed by atoms with Gasteiger partial charge in [-0.2, -0.15) is 0 Å². The zero-order chi connectivity index (χ0) is 9.42. The first-order chi connectivity index (χ1) is 6.20. The molecule has 0 fully saturated rings. The van der Waals surface area contributed by atoms with Crippen molar-refractivity contribution in [1.82, 2.24) is 9.78 Å². The van der Waals surface area contributed by atoms with Crippen molar-refractivity contribution < 1.29 is 9.47 Å². The molecule has 0 bridgehead atoms. The van der Waals surface area contributed by atoms with Gasteiger partial charge in [-0.3, -0.25) is 0 Å². The van der Waals surface area contributed by atoms with Crippen LogP contribution in [0.15, 0.2) is 0 Å². The van der Waals surface area contributed by atoms with Crippen LogP contribution in [0.1, 0.15) is 19.9 Å². The smallest absolute Gasteiger partial charge is 0.258 e. The molecule has 13 heavy (non-hydrogen) atoms. The minimum Gasteiger partial charge on any atom is -0.482 e. The highest BCUT2D eigenvalue weighted by Crippen LogP contribution is 2.37. The Labute approximate surface area is 76.4 Å². The van der Waals surface area contributed by atoms with Crippen molar-refractivity contribution in [1.29, 1.82) is 0 Å². The molecule has 0 atom stereocenters. The largest absolute Gasteiger partial charge is 0.482 e. The first-order valence-electron chi connectivity index (χ1n) is 4.33. The summed E-state index contributed by atoms with van der Waals surface area (Å²) in [6, 6.07) is 0.229. The highest BCUT2D eigenvalue weighted by molar-refractivity contribution is 5.53. The van der Waals surface area contributed by atoms with E-state index in [4.69, 9.17) is 15.2 Å². The van der Waals surface area contributed by atoms with Gasteiger partial charge >= 0.3 is 0 Å². The van der Waals surface area contributed by atoms with Gasteiger partial charge in [0.1, 0.15) is 13.2 Å². The van der Waals surface area contributed by atoms with E-state index >= 15 is 0 Å². The number of nitrogens with two attached hydrogens (primary N) is 1. The summed E-state index contributed by atoms with van der Waals surface area (Å²) in [6.45, 7) is 5.14. The summed E-state index contributed by atoms with van der Waals surface area (Å²) in [7, 11) is 0. The molecular formula is C8H13N3O2. The van der Waals surface area contributed by atoms with E-state index in [-0.39, 0.29) is 6.04 Å². The predicted octanol–water partition coefficient (Wildman–Crippen LogP) is 0.817. The van der Waals surface area contributed by atoms with Crippen molar-refractivity contribution in [2.75, 3.05) is 18.9 Å². The first-order valence-corrected chi connectivity index (χ1v) is 4.33. The third-order valence-electron chi connectivity index (χ3n) is 1.91. The van der Waals surface area contributed by atoms with Gasteiger partial charge in [0.15, 0.2) is 5.82 Å². The van der Waals surface area contributed by atoms with Crippen LogP contribution in [0.5, 0.6) is 11.6 Å². The molecule has 0 spiro atoms. The molecule has 0 radical (unpaired) electrons. The van der Waals surface area contributed by atoms with Gasteiger partial charge < -0.3 is 15.2 Å². The van der Waals surface area contributed by atoms with Crippen LogP contribution in [0.25, 0.3) is 0 Å². The molecule has 2 rings (SSSR count). The van der Waals surface area contributed by atoms with Gasteiger partial charge in [0, 0.05) is 0 Å². The second kappa shape index (κ2) is 2.83. The van der Waals surface area contributed by atoms with Crippen LogP contribution in [0, 0.1) is 0 Å². The summed E-state index contributed by atoms with van der Waals surface area (Å²) in [5.74, 6) is 1.64. The molecule has 5 nitrogen and oxygen atoms in total. The van der Waals surface area contributed by atoms with E-state index < -0.39 is 0 Å². The number of hydrogen-bond acceptors (Lipinski definition) is 4. The van der Waals surface area contributed by atoms with Crippen molar-refractivity contribution >= 4 is 5.82 Å². The summed E-state index contributed by atoms with van der Waals surface area (Å²) in [5.41, 5.74) is 5.66. The fraction of sp³-hybridized carbons (Fsp3) is 0.625. The van der Waals surface area contributed by atoms with Gasteiger partial charge in [0.05, 0.1) is 6.04 Å². The monoisotopic (exact) mass is 183 g/mol. The molecule has 0 saturated heterocycles. The molecule has 0 unspecified atom stereocenters. The fourth-order valence-electron chi connectivity index (χ4n) is 1.32. The van der Waals surface area contributed by atoms with Gasteiger partial charge in [0.25, 0.3) is 5.88 Å². The molecule has 2 heterocycles. The standard InChI is InChI=1S/C8H13N3O2/c1-5(2)11-8-6(7(9)10-11)12-3-4-13-8/h5H,3-4H2,1-2H3,(H2,9,10). The van der Waals surface area contributed by atoms with Gasteiger partial charge in [-0.15, -0.1) is 5.10 Å². The SMILES string of the molecule is CC(C)n1nc(N)c2c1OCCO2. The van der Waals surface area contributed by atoms with Crippen molar-refractivity contribution in [2.45, 2.75) is 19.9 Å². The molecule has 0 aliphatic carbocycles. The zero-order valence-corrected chi connectivity index (χ0v) is 7.78. The van der Waals surface area contributed by atoms with Crippen LogP contribution >= 0.6 is 0 Å². The van der Waals surface area contributed by atoms with Gasteiger partial charge in [0.2, 0.25) is 5.75 Å². The minimum atomic E-state index is 0.229. The Balaban J connectivity index is 2.47. The lowest BCUT2D eigenvalue weighted by molar-refractivity contribution is 0.157. The molecule has 0 amide bonds. The molecular weight excluding hydrogens is 170 g/mol. The summed E-state index contributed by atoms with van der Waals surface area (Å²) in [5, 5.41) is 4.14. The Hall–Kier alpha value is -1.39. The number of hydrogen-bond donors (Lipinski definition) is 1. The highest BCUT2D eigenvalue weighted by atomic mass is 16.6. The number of nitrogens with zero attached hydrogens (tertiary/aromatic N) is 2. The van der Waals surface area contributed by atoms with Gasteiger partial charge in [-0.25, -0.2) is 4.68 Å². The third kappa shape index (κ3) is 1.20. The second-order valence-corrected chi connectivity index (χ2v) is 3.25. The average Bonchev–Trinajstić information content (AvgIpc) is 2.45. The average molecular weight is 183 g/mol. The van der Waals surface area contributed by atoms with Crippen molar-refractivity contribution in [3.05, 3.63) is 0 Å². The van der Waals surface area contributed by atoms with Crippen molar-refractivity contribution in [3.63, 3.8) is 0 Å². The molecule has 2 N–H and O–H groups in total. The minimum absolute atomic E-state index is 0.229. The molecule has 72 valence electrons. The van der Waals surface area contributed by atoms with E-state index in [0.29, 0.717) is 30.7 Å². The van der Waals surface area contributed by atoms with E-state index in [1.807, 2.05) is 13.8 Å². The van der Waals surface area contributed by atoms with Crippen LogP contribution in [0.2, 0.25) is 0 Å². The van der Waals surface area contributed by atoms with Crippen LogP contribution in [-0.2, 0) is 0 Å². The molecule has 1 aromatic rings. The second-order valence-electron chi connectivity index (χ2n) is 3.25. The molecule has 5 heteroatoms.